The van der Waals surface area contributed by atoms with E-state index in [-0.39, 0.29) is 18.5 Å². The lowest BCUT2D eigenvalue weighted by atomic mass is 10.2. The third kappa shape index (κ3) is 3.49. The number of hydrogen-bond acceptors (Lipinski definition) is 4. The Morgan fingerprint density at radius 1 is 1.33 bits per heavy atom. The minimum Gasteiger partial charge on any atom is -0.480 e. The van der Waals surface area contributed by atoms with E-state index in [1.165, 1.54) is 0 Å². The average molecular weight is 215 g/mol. The number of piperazine rings is 1. The largest absolute Gasteiger partial charge is 0.480 e. The number of hydrogen-bond donors (Lipinski definition) is 2. The zero-order chi connectivity index (χ0) is 11.4. The van der Waals surface area contributed by atoms with Crippen molar-refractivity contribution in [2.75, 3.05) is 32.7 Å². The molecule has 0 aromatic heterocycles. The first-order valence-electron chi connectivity index (χ1n) is 4.98. The lowest BCUT2D eigenvalue weighted by Gasteiger charge is -2.36. The van der Waals surface area contributed by atoms with E-state index in [1.807, 2.05) is 9.80 Å². The zero-order valence-corrected chi connectivity index (χ0v) is 8.85. The van der Waals surface area contributed by atoms with E-state index in [2.05, 4.69) is 0 Å². The van der Waals surface area contributed by atoms with Gasteiger partial charge < -0.3 is 10.8 Å². The molecular weight excluding hydrogens is 198 g/mol. The fraction of sp³-hybridized carbons (Fsp3) is 0.778. The van der Waals surface area contributed by atoms with Crippen molar-refractivity contribution in [1.29, 1.82) is 0 Å². The van der Waals surface area contributed by atoms with Gasteiger partial charge in [0, 0.05) is 26.2 Å². The molecule has 15 heavy (non-hydrogen) atoms. The van der Waals surface area contributed by atoms with Crippen molar-refractivity contribution < 1.29 is 14.7 Å². The predicted molar refractivity (Wildman–Crippen MR) is 54.3 cm³/mol. The molecule has 0 aromatic rings. The van der Waals surface area contributed by atoms with Crippen LogP contribution in [0.1, 0.15) is 6.92 Å². The van der Waals surface area contributed by atoms with Crippen LogP contribution in [-0.4, -0.2) is 65.5 Å². The summed E-state index contributed by atoms with van der Waals surface area (Å²) in [7, 11) is 0. The highest BCUT2D eigenvalue weighted by Gasteiger charge is 2.24. The van der Waals surface area contributed by atoms with Crippen LogP contribution in [0.2, 0.25) is 0 Å². The lowest BCUT2D eigenvalue weighted by molar-refractivity contribution is -0.139. The summed E-state index contributed by atoms with van der Waals surface area (Å²) in [4.78, 5) is 25.2. The summed E-state index contributed by atoms with van der Waals surface area (Å²) in [6, 6.07) is -0.267. The molecule has 0 aromatic carbocycles. The van der Waals surface area contributed by atoms with Gasteiger partial charge in [0.1, 0.15) is 0 Å². The molecule has 1 heterocycles. The van der Waals surface area contributed by atoms with Gasteiger partial charge in [-0.2, -0.15) is 0 Å². The molecule has 1 atom stereocenters. The van der Waals surface area contributed by atoms with Gasteiger partial charge in [0.05, 0.1) is 12.6 Å². The van der Waals surface area contributed by atoms with Gasteiger partial charge in [0.15, 0.2) is 0 Å². The Kier molecular flexibility index (Phi) is 4.05. The molecule has 1 rings (SSSR count). The van der Waals surface area contributed by atoms with Gasteiger partial charge in [-0.15, -0.1) is 0 Å². The quantitative estimate of drug-likeness (QED) is 0.600. The van der Waals surface area contributed by atoms with Gasteiger partial charge in [-0.05, 0) is 6.92 Å². The van der Waals surface area contributed by atoms with Crippen LogP contribution in [0.25, 0.3) is 0 Å². The van der Waals surface area contributed by atoms with Gasteiger partial charge in [0.25, 0.3) is 0 Å². The summed E-state index contributed by atoms with van der Waals surface area (Å²) in [5.74, 6) is -1.15. The zero-order valence-electron chi connectivity index (χ0n) is 8.85. The van der Waals surface area contributed by atoms with E-state index in [4.69, 9.17) is 10.8 Å². The number of nitrogens with two attached hydrogens (primary N) is 1. The second-order valence-electron chi connectivity index (χ2n) is 3.78. The number of aliphatic carboxylic acids is 1. The lowest BCUT2D eigenvalue weighted by Crippen LogP contribution is -2.53. The topological polar surface area (TPSA) is 86.9 Å². The van der Waals surface area contributed by atoms with Crippen LogP contribution < -0.4 is 5.73 Å². The highest BCUT2D eigenvalue weighted by Crippen LogP contribution is 2.05. The summed E-state index contributed by atoms with van der Waals surface area (Å²) in [5.41, 5.74) is 5.19. The number of nitrogens with zero attached hydrogens (tertiary/aromatic N) is 2. The van der Waals surface area contributed by atoms with Crippen molar-refractivity contribution in [2.24, 2.45) is 5.73 Å². The van der Waals surface area contributed by atoms with Crippen LogP contribution in [-0.2, 0) is 9.59 Å². The van der Waals surface area contributed by atoms with E-state index < -0.39 is 5.97 Å². The first kappa shape index (κ1) is 11.9. The molecule has 1 amide bonds. The summed E-state index contributed by atoms with van der Waals surface area (Å²) < 4.78 is 0. The van der Waals surface area contributed by atoms with E-state index >= 15 is 0 Å². The first-order valence-corrected chi connectivity index (χ1v) is 4.98. The maximum absolute atomic E-state index is 10.9. The second kappa shape index (κ2) is 5.09. The van der Waals surface area contributed by atoms with Crippen molar-refractivity contribution >= 4 is 11.9 Å². The Bertz CT molecular complexity index is 249. The Morgan fingerprint density at radius 3 is 2.27 bits per heavy atom. The smallest absolute Gasteiger partial charge is 0.317 e. The van der Waals surface area contributed by atoms with Gasteiger partial charge in [-0.25, -0.2) is 0 Å². The summed E-state index contributed by atoms with van der Waals surface area (Å²) >= 11 is 0. The van der Waals surface area contributed by atoms with Gasteiger partial charge >= 0.3 is 5.97 Å². The first-order chi connectivity index (χ1) is 7.00. The van der Waals surface area contributed by atoms with Crippen LogP contribution in [0.4, 0.5) is 0 Å². The molecule has 0 spiro atoms. The van der Waals surface area contributed by atoms with Crippen LogP contribution in [0.3, 0.4) is 0 Å². The molecule has 0 bridgehead atoms. The number of carbonyl (C=O) groups is 2. The third-order valence-electron chi connectivity index (χ3n) is 2.73. The molecule has 3 N–H and O–H groups in total. The number of carboxylic acids is 1. The number of primary amides is 1. The normalized spacial score (nSPS) is 21.1. The Morgan fingerprint density at radius 2 is 1.87 bits per heavy atom. The summed E-state index contributed by atoms with van der Waals surface area (Å²) in [6.45, 7) is 4.57. The van der Waals surface area contributed by atoms with Gasteiger partial charge in [-0.1, -0.05) is 0 Å². The molecule has 1 aliphatic heterocycles. The molecule has 6 nitrogen and oxygen atoms in total. The minimum atomic E-state index is -0.814. The van der Waals surface area contributed by atoms with Crippen LogP contribution in [0.15, 0.2) is 0 Å². The molecule has 1 fully saturated rings. The van der Waals surface area contributed by atoms with E-state index in [1.54, 1.807) is 6.92 Å². The molecule has 6 heteroatoms. The van der Waals surface area contributed by atoms with Crippen molar-refractivity contribution in [2.45, 2.75) is 13.0 Å². The molecule has 1 saturated heterocycles. The van der Waals surface area contributed by atoms with E-state index in [0.717, 1.165) is 0 Å². The maximum Gasteiger partial charge on any atom is 0.317 e. The SMILES string of the molecule is CC(C(N)=O)N1CCN(CC(=O)O)CC1. The average Bonchev–Trinajstić information content (AvgIpc) is 2.17. The molecule has 1 unspecified atom stereocenters. The fourth-order valence-corrected chi connectivity index (χ4v) is 1.68. The molecule has 0 aliphatic carbocycles. The number of carbonyl (C=O) groups excluding carboxylic acids is 1. The summed E-state index contributed by atoms with van der Waals surface area (Å²) in [5, 5.41) is 8.60. The van der Waals surface area contributed by atoms with Crippen LogP contribution >= 0.6 is 0 Å². The van der Waals surface area contributed by atoms with E-state index in [0.29, 0.717) is 26.2 Å². The third-order valence-corrected chi connectivity index (χ3v) is 2.73. The van der Waals surface area contributed by atoms with Crippen molar-refractivity contribution in [1.82, 2.24) is 9.80 Å². The number of rotatable bonds is 4. The number of carboxylic acid groups (broad SMARTS) is 1. The molecule has 1 aliphatic rings. The standard InChI is InChI=1S/C9H17N3O3/c1-7(9(10)15)12-4-2-11(3-5-12)6-8(13)14/h7H,2-6H2,1H3,(H2,10,15)(H,13,14). The van der Waals surface area contributed by atoms with Crippen LogP contribution in [0.5, 0.6) is 0 Å². The van der Waals surface area contributed by atoms with E-state index in [9.17, 15) is 9.59 Å². The fourth-order valence-electron chi connectivity index (χ4n) is 1.68. The highest BCUT2D eigenvalue weighted by molar-refractivity contribution is 5.79. The minimum absolute atomic E-state index is 0.0682. The van der Waals surface area contributed by atoms with Crippen molar-refractivity contribution in [3.05, 3.63) is 0 Å². The monoisotopic (exact) mass is 215 g/mol. The summed E-state index contributed by atoms with van der Waals surface area (Å²) in [6.07, 6.45) is 0. The molecule has 86 valence electrons. The molecular formula is C9H17N3O3. The maximum atomic E-state index is 10.9. The van der Waals surface area contributed by atoms with Crippen molar-refractivity contribution in [3.8, 4) is 0 Å². The molecule has 0 saturated carbocycles. The highest BCUT2D eigenvalue weighted by atomic mass is 16.4. The predicted octanol–water partition coefficient (Wildman–Crippen LogP) is -1.44. The van der Waals surface area contributed by atoms with Gasteiger partial charge in [0.2, 0.25) is 5.91 Å². The Labute approximate surface area is 88.6 Å². The molecule has 0 radical (unpaired) electrons. The number of amides is 1. The second-order valence-corrected chi connectivity index (χ2v) is 3.78. The van der Waals surface area contributed by atoms with Gasteiger partial charge in [-0.3, -0.25) is 19.4 Å². The Balaban J connectivity index is 2.35. The van der Waals surface area contributed by atoms with Crippen molar-refractivity contribution in [3.63, 3.8) is 0 Å². The van der Waals surface area contributed by atoms with Crippen LogP contribution in [0, 0.1) is 0 Å². The Hall–Kier alpha value is -1.14.